The van der Waals surface area contributed by atoms with Crippen molar-refractivity contribution in [2.24, 2.45) is 0 Å². The molecule has 0 atom stereocenters. The second-order valence-corrected chi connectivity index (χ2v) is 5.59. The Morgan fingerprint density at radius 2 is 1.84 bits per heavy atom. The lowest BCUT2D eigenvalue weighted by Crippen LogP contribution is -2.40. The predicted octanol–water partition coefficient (Wildman–Crippen LogP) is 3.09. The zero-order valence-electron chi connectivity index (χ0n) is 12.9. The Labute approximate surface area is 116 Å². The number of rotatable bonds is 5. The van der Waals surface area contributed by atoms with Crippen LogP contribution in [0.1, 0.15) is 30.5 Å². The summed E-state index contributed by atoms with van der Waals surface area (Å²) in [5.74, 6) is 0.936. The van der Waals surface area contributed by atoms with E-state index in [1.165, 1.54) is 16.7 Å². The minimum atomic E-state index is -0.438. The number of hydrogen-bond acceptors (Lipinski definition) is 3. The van der Waals surface area contributed by atoms with E-state index in [-0.39, 0.29) is 0 Å². The fourth-order valence-electron chi connectivity index (χ4n) is 1.89. The highest BCUT2D eigenvalue weighted by atomic mass is 16.5. The van der Waals surface area contributed by atoms with Gasteiger partial charge in [0.25, 0.3) is 0 Å². The monoisotopic (exact) mass is 260 g/mol. The molecule has 0 amide bonds. The molecule has 19 heavy (non-hydrogen) atoms. The van der Waals surface area contributed by atoms with E-state index in [2.05, 4.69) is 36.9 Å². The first-order valence-electron chi connectivity index (χ1n) is 6.58. The molecule has 0 unspecified atom stereocenters. The molecule has 0 aliphatic heterocycles. The van der Waals surface area contributed by atoms with Gasteiger partial charge in [-0.2, -0.15) is 5.26 Å². The highest BCUT2D eigenvalue weighted by molar-refractivity contribution is 5.42. The first-order valence-corrected chi connectivity index (χ1v) is 6.58. The van der Waals surface area contributed by atoms with Gasteiger partial charge in [0.1, 0.15) is 11.3 Å². The highest BCUT2D eigenvalue weighted by Gasteiger charge is 2.22. The van der Waals surface area contributed by atoms with E-state index < -0.39 is 5.54 Å². The zero-order valence-corrected chi connectivity index (χ0v) is 12.9. The number of nitrogens with zero attached hydrogens (tertiary/aromatic N) is 2. The molecule has 0 bridgehead atoms. The molecule has 104 valence electrons. The van der Waals surface area contributed by atoms with Crippen LogP contribution in [0.3, 0.4) is 0 Å². The molecule has 0 spiro atoms. The molecule has 0 saturated carbocycles. The molecule has 0 heterocycles. The van der Waals surface area contributed by atoms with Crippen molar-refractivity contribution in [2.45, 2.75) is 39.7 Å². The van der Waals surface area contributed by atoms with Crippen LogP contribution >= 0.6 is 0 Å². The van der Waals surface area contributed by atoms with Gasteiger partial charge in [0.2, 0.25) is 0 Å². The van der Waals surface area contributed by atoms with E-state index in [1.807, 2.05) is 20.9 Å². The van der Waals surface area contributed by atoms with E-state index >= 15 is 0 Å². The van der Waals surface area contributed by atoms with Gasteiger partial charge in [-0.25, -0.2) is 0 Å². The summed E-state index contributed by atoms with van der Waals surface area (Å²) < 4.78 is 5.44. The summed E-state index contributed by atoms with van der Waals surface area (Å²) in [5.41, 5.74) is 3.28. The Morgan fingerprint density at radius 3 is 2.37 bits per heavy atom. The standard InChI is InChI=1S/C16H24N2O/c1-12-9-14(15(19-6)10-13(12)2)7-8-18(5)16(3,4)11-17/h9-10H,7-8H2,1-6H3. The topological polar surface area (TPSA) is 36.3 Å². The largest absolute Gasteiger partial charge is 0.496 e. The molecule has 0 aliphatic carbocycles. The molecule has 0 N–H and O–H groups in total. The van der Waals surface area contributed by atoms with Gasteiger partial charge < -0.3 is 4.74 Å². The molecule has 0 aromatic heterocycles. The summed E-state index contributed by atoms with van der Waals surface area (Å²) in [6.45, 7) is 8.91. The van der Waals surface area contributed by atoms with Gasteiger partial charge in [-0.15, -0.1) is 0 Å². The summed E-state index contributed by atoms with van der Waals surface area (Å²) >= 11 is 0. The van der Waals surface area contributed by atoms with Crippen LogP contribution in [0.25, 0.3) is 0 Å². The Balaban J connectivity index is 2.84. The van der Waals surface area contributed by atoms with Gasteiger partial charge in [-0.1, -0.05) is 6.07 Å². The number of benzene rings is 1. The van der Waals surface area contributed by atoms with E-state index in [4.69, 9.17) is 10.00 Å². The molecular formula is C16H24N2O. The lowest BCUT2D eigenvalue weighted by atomic mass is 10.0. The Hall–Kier alpha value is -1.53. The molecule has 0 aliphatic rings. The molecule has 0 saturated heterocycles. The van der Waals surface area contributed by atoms with Crippen LogP contribution in [0.15, 0.2) is 12.1 Å². The first kappa shape index (κ1) is 15.5. The Bertz CT molecular complexity index is 486. The van der Waals surface area contributed by atoms with Crippen molar-refractivity contribution in [3.63, 3.8) is 0 Å². The Kier molecular flexibility index (Phi) is 4.97. The number of ether oxygens (including phenoxy) is 1. The van der Waals surface area contributed by atoms with Crippen molar-refractivity contribution in [3.8, 4) is 11.8 Å². The van der Waals surface area contributed by atoms with Gasteiger partial charge in [0.05, 0.1) is 13.2 Å². The van der Waals surface area contributed by atoms with Crippen LogP contribution in [-0.4, -0.2) is 31.1 Å². The second-order valence-electron chi connectivity index (χ2n) is 5.59. The van der Waals surface area contributed by atoms with E-state index in [0.29, 0.717) is 0 Å². The van der Waals surface area contributed by atoms with Crippen LogP contribution in [-0.2, 0) is 6.42 Å². The van der Waals surface area contributed by atoms with Crippen LogP contribution in [0, 0.1) is 25.2 Å². The van der Waals surface area contributed by atoms with Gasteiger partial charge in [0, 0.05) is 6.54 Å². The van der Waals surface area contributed by atoms with Gasteiger partial charge in [-0.05, 0) is 63.9 Å². The molecule has 1 aromatic carbocycles. The number of likely N-dealkylation sites (N-methyl/N-ethyl adjacent to an activating group) is 1. The van der Waals surface area contributed by atoms with Crippen molar-refractivity contribution in [2.75, 3.05) is 20.7 Å². The average molecular weight is 260 g/mol. The first-order chi connectivity index (χ1) is 8.81. The number of aryl methyl sites for hydroxylation is 2. The summed E-state index contributed by atoms with van der Waals surface area (Å²) in [4.78, 5) is 2.07. The number of hydrogen-bond donors (Lipinski definition) is 0. The lowest BCUT2D eigenvalue weighted by molar-refractivity contribution is 0.213. The maximum atomic E-state index is 9.13. The average Bonchev–Trinajstić information content (AvgIpc) is 2.38. The normalized spacial score (nSPS) is 11.5. The minimum Gasteiger partial charge on any atom is -0.496 e. The number of methoxy groups -OCH3 is 1. The van der Waals surface area contributed by atoms with Crippen molar-refractivity contribution >= 4 is 0 Å². The maximum Gasteiger partial charge on any atom is 0.122 e. The smallest absolute Gasteiger partial charge is 0.122 e. The van der Waals surface area contributed by atoms with Crippen LogP contribution in [0.5, 0.6) is 5.75 Å². The zero-order chi connectivity index (χ0) is 14.6. The van der Waals surface area contributed by atoms with Crippen LogP contribution < -0.4 is 4.74 Å². The molecule has 0 fully saturated rings. The third-order valence-corrected chi connectivity index (χ3v) is 3.84. The summed E-state index contributed by atoms with van der Waals surface area (Å²) in [6, 6.07) is 6.59. The fourth-order valence-corrected chi connectivity index (χ4v) is 1.89. The molecule has 0 radical (unpaired) electrons. The van der Waals surface area contributed by atoms with Crippen molar-refractivity contribution < 1.29 is 4.74 Å². The minimum absolute atomic E-state index is 0.438. The SMILES string of the molecule is COc1cc(C)c(C)cc1CCN(C)C(C)(C)C#N. The van der Waals surface area contributed by atoms with Crippen molar-refractivity contribution in [1.82, 2.24) is 4.90 Å². The molecule has 1 rings (SSSR count). The molecule has 3 nitrogen and oxygen atoms in total. The van der Waals surface area contributed by atoms with Crippen molar-refractivity contribution in [1.29, 1.82) is 5.26 Å². The van der Waals surface area contributed by atoms with Gasteiger partial charge in [0.15, 0.2) is 0 Å². The molecule has 1 aromatic rings. The van der Waals surface area contributed by atoms with E-state index in [1.54, 1.807) is 7.11 Å². The fraction of sp³-hybridized carbons (Fsp3) is 0.562. The maximum absolute atomic E-state index is 9.13. The van der Waals surface area contributed by atoms with Crippen LogP contribution in [0.4, 0.5) is 0 Å². The van der Waals surface area contributed by atoms with E-state index in [9.17, 15) is 0 Å². The number of nitriles is 1. The highest BCUT2D eigenvalue weighted by Crippen LogP contribution is 2.24. The summed E-state index contributed by atoms with van der Waals surface area (Å²) in [6.07, 6.45) is 0.881. The summed E-state index contributed by atoms with van der Waals surface area (Å²) in [7, 11) is 3.69. The van der Waals surface area contributed by atoms with Gasteiger partial charge >= 0.3 is 0 Å². The summed E-state index contributed by atoms with van der Waals surface area (Å²) in [5, 5.41) is 9.13. The second kappa shape index (κ2) is 6.08. The van der Waals surface area contributed by atoms with Gasteiger partial charge in [-0.3, -0.25) is 4.90 Å². The van der Waals surface area contributed by atoms with Crippen molar-refractivity contribution in [3.05, 3.63) is 28.8 Å². The van der Waals surface area contributed by atoms with Crippen LogP contribution in [0.2, 0.25) is 0 Å². The third kappa shape index (κ3) is 3.71. The predicted molar refractivity (Wildman–Crippen MR) is 78.5 cm³/mol. The van der Waals surface area contributed by atoms with E-state index in [0.717, 1.165) is 18.7 Å². The Morgan fingerprint density at radius 1 is 1.26 bits per heavy atom. The molecule has 3 heteroatoms. The molecular weight excluding hydrogens is 236 g/mol. The quantitative estimate of drug-likeness (QED) is 0.816. The lowest BCUT2D eigenvalue weighted by Gasteiger charge is -2.29. The third-order valence-electron chi connectivity index (χ3n) is 3.84.